The van der Waals surface area contributed by atoms with Gasteiger partial charge in [-0.15, -0.1) is 0 Å². The van der Waals surface area contributed by atoms with Gasteiger partial charge in [0, 0.05) is 6.07 Å². The van der Waals surface area contributed by atoms with E-state index in [1.54, 1.807) is 0 Å². The number of benzene rings is 1. The summed E-state index contributed by atoms with van der Waals surface area (Å²) in [6.45, 7) is 1.49. The van der Waals surface area contributed by atoms with Crippen molar-refractivity contribution in [3.8, 4) is 0 Å². The van der Waals surface area contributed by atoms with E-state index in [2.05, 4.69) is 10.6 Å². The van der Waals surface area contributed by atoms with Gasteiger partial charge in [0.25, 0.3) is 0 Å². The van der Waals surface area contributed by atoms with Gasteiger partial charge < -0.3 is 15.7 Å². The largest absolute Gasteiger partial charge is 0.371 e. The molecule has 0 bridgehead atoms. The van der Waals surface area contributed by atoms with Gasteiger partial charge in [-0.25, -0.2) is 8.78 Å². The van der Waals surface area contributed by atoms with Gasteiger partial charge in [-0.3, -0.25) is 9.59 Å². The maximum absolute atomic E-state index is 13.1. The Hall–Kier alpha value is -2.02. The summed E-state index contributed by atoms with van der Waals surface area (Å²) < 4.78 is 26.2. The van der Waals surface area contributed by atoms with Crippen LogP contribution < -0.4 is 10.6 Å². The Kier molecular flexibility index (Phi) is 5.88. The molecule has 0 radical (unpaired) electrons. The third kappa shape index (κ3) is 5.26. The topological polar surface area (TPSA) is 78.4 Å². The normalized spacial score (nSPS) is 17.8. The minimum atomic E-state index is -1.22. The molecule has 1 aromatic rings. The molecule has 1 aliphatic carbocycles. The summed E-state index contributed by atoms with van der Waals surface area (Å²) in [5.74, 6) is -2.54. The van der Waals surface area contributed by atoms with E-state index >= 15 is 0 Å². The van der Waals surface area contributed by atoms with Gasteiger partial charge >= 0.3 is 0 Å². The molecule has 3 N–H and O–H groups in total. The maximum atomic E-state index is 13.1. The molecule has 1 aliphatic rings. The summed E-state index contributed by atoms with van der Waals surface area (Å²) in [6.07, 6.45) is 3.43. The summed E-state index contributed by atoms with van der Waals surface area (Å²) >= 11 is 0. The predicted molar refractivity (Wildman–Crippen MR) is 83.8 cm³/mol. The summed E-state index contributed by atoms with van der Waals surface area (Å²) in [5.41, 5.74) is -1.04. The molecule has 1 atom stereocenters. The summed E-state index contributed by atoms with van der Waals surface area (Å²) in [6, 6.07) is 2.00. The number of nitrogens with one attached hydrogen (secondary N) is 2. The lowest BCUT2D eigenvalue weighted by molar-refractivity contribution is -0.135. The Morgan fingerprint density at radius 3 is 2.33 bits per heavy atom. The first-order valence-corrected chi connectivity index (χ1v) is 8.06. The molecule has 0 heterocycles. The number of hydrogen-bond donors (Lipinski definition) is 3. The lowest BCUT2D eigenvalue weighted by atomic mass is 9.91. The third-order valence-electron chi connectivity index (χ3n) is 4.09. The molecule has 0 spiro atoms. The van der Waals surface area contributed by atoms with Crippen LogP contribution in [0.4, 0.5) is 8.78 Å². The first-order valence-electron chi connectivity index (χ1n) is 8.06. The second kappa shape index (κ2) is 7.70. The van der Waals surface area contributed by atoms with Gasteiger partial charge in [0.05, 0.1) is 6.42 Å². The third-order valence-corrected chi connectivity index (χ3v) is 4.09. The molecule has 0 unspecified atom stereocenters. The van der Waals surface area contributed by atoms with E-state index in [0.29, 0.717) is 12.8 Å². The Bertz CT molecular complexity index is 596. The molecule has 132 valence electrons. The molecule has 1 fully saturated rings. The van der Waals surface area contributed by atoms with Crippen molar-refractivity contribution in [2.45, 2.75) is 57.2 Å². The van der Waals surface area contributed by atoms with E-state index in [-0.39, 0.29) is 12.0 Å². The lowest BCUT2D eigenvalue weighted by Crippen LogP contribution is -2.55. The van der Waals surface area contributed by atoms with Crippen molar-refractivity contribution in [3.63, 3.8) is 0 Å². The number of carbonyl (C=O) groups excluding carboxylic acids is 2. The van der Waals surface area contributed by atoms with Gasteiger partial charge in [0.2, 0.25) is 11.8 Å². The van der Waals surface area contributed by atoms with Crippen LogP contribution in [0.3, 0.4) is 0 Å². The minimum Gasteiger partial charge on any atom is -0.371 e. The molecule has 5 nitrogen and oxygen atoms in total. The molecule has 24 heavy (non-hydrogen) atoms. The highest BCUT2D eigenvalue weighted by Gasteiger charge is 2.32. The fraction of sp³-hybridized carbons (Fsp3) is 0.529. The summed E-state index contributed by atoms with van der Waals surface area (Å²) in [4.78, 5) is 24.0. The summed E-state index contributed by atoms with van der Waals surface area (Å²) in [5, 5.41) is 15.3. The highest BCUT2D eigenvalue weighted by molar-refractivity contribution is 5.88. The van der Waals surface area contributed by atoms with E-state index in [9.17, 15) is 23.5 Å². The number of amides is 2. The van der Waals surface area contributed by atoms with E-state index in [1.807, 2.05) is 0 Å². The molecular formula is C17H22F2N2O3. The number of carbonyl (C=O) groups is 2. The molecule has 1 aromatic carbocycles. The molecule has 1 saturated carbocycles. The summed E-state index contributed by atoms with van der Waals surface area (Å²) in [7, 11) is 0. The smallest absolute Gasteiger partial charge is 0.244 e. The van der Waals surface area contributed by atoms with Crippen molar-refractivity contribution in [1.82, 2.24) is 10.6 Å². The molecule has 0 aromatic heterocycles. The number of hydrogen-bond acceptors (Lipinski definition) is 3. The van der Waals surface area contributed by atoms with E-state index in [4.69, 9.17) is 0 Å². The number of rotatable bonds is 5. The average molecular weight is 340 g/mol. The van der Waals surface area contributed by atoms with Crippen molar-refractivity contribution in [3.05, 3.63) is 35.4 Å². The second-order valence-electron chi connectivity index (χ2n) is 6.33. The fourth-order valence-electron chi connectivity index (χ4n) is 2.86. The first-order chi connectivity index (χ1) is 11.3. The molecule has 0 saturated heterocycles. The van der Waals surface area contributed by atoms with Gasteiger partial charge in [0.1, 0.15) is 23.4 Å². The van der Waals surface area contributed by atoms with Crippen molar-refractivity contribution < 1.29 is 23.5 Å². The van der Waals surface area contributed by atoms with Crippen LogP contribution in [-0.4, -0.2) is 28.7 Å². The Balaban J connectivity index is 1.87. The quantitative estimate of drug-likeness (QED) is 0.715. The van der Waals surface area contributed by atoms with Crippen molar-refractivity contribution >= 4 is 11.8 Å². The van der Waals surface area contributed by atoms with E-state index < -0.39 is 35.2 Å². The Morgan fingerprint density at radius 2 is 1.75 bits per heavy atom. The van der Waals surface area contributed by atoms with Gasteiger partial charge in [-0.1, -0.05) is 6.42 Å². The van der Waals surface area contributed by atoms with Crippen LogP contribution in [0.5, 0.6) is 0 Å². The van der Waals surface area contributed by atoms with Crippen molar-refractivity contribution in [2.24, 2.45) is 0 Å². The van der Waals surface area contributed by atoms with Crippen LogP contribution in [0.15, 0.2) is 18.2 Å². The fourth-order valence-corrected chi connectivity index (χ4v) is 2.86. The highest BCUT2D eigenvalue weighted by Crippen LogP contribution is 2.25. The molecule has 2 rings (SSSR count). The monoisotopic (exact) mass is 340 g/mol. The van der Waals surface area contributed by atoms with Crippen LogP contribution >= 0.6 is 0 Å². The lowest BCUT2D eigenvalue weighted by Gasteiger charge is -2.33. The van der Waals surface area contributed by atoms with E-state index in [1.165, 1.54) is 6.92 Å². The molecule has 0 aliphatic heterocycles. The minimum absolute atomic E-state index is 0.184. The first kappa shape index (κ1) is 18.3. The standard InChI is InChI=1S/C17H22F2N2O3/c1-11(16(23)21-17(24)5-3-2-4-6-17)20-15(22)9-12-7-13(18)10-14(19)8-12/h7-8,10-11,24H,2-6,9H2,1H3,(H,20,22)(H,21,23)/t11-/m0/s1. The SMILES string of the molecule is C[C@H](NC(=O)Cc1cc(F)cc(F)c1)C(=O)NC1(O)CCCCC1. The Labute approximate surface area is 139 Å². The van der Waals surface area contributed by atoms with Crippen LogP contribution in [0.25, 0.3) is 0 Å². The average Bonchev–Trinajstić information content (AvgIpc) is 2.46. The maximum Gasteiger partial charge on any atom is 0.244 e. The van der Waals surface area contributed by atoms with Gasteiger partial charge in [-0.2, -0.15) is 0 Å². The predicted octanol–water partition coefficient (Wildman–Crippen LogP) is 1.78. The van der Waals surface area contributed by atoms with Crippen LogP contribution in [0.2, 0.25) is 0 Å². The van der Waals surface area contributed by atoms with Crippen molar-refractivity contribution in [1.29, 1.82) is 0 Å². The zero-order chi connectivity index (χ0) is 17.7. The van der Waals surface area contributed by atoms with Crippen LogP contribution in [-0.2, 0) is 16.0 Å². The molecule has 2 amide bonds. The second-order valence-corrected chi connectivity index (χ2v) is 6.33. The molecule has 7 heteroatoms. The zero-order valence-corrected chi connectivity index (χ0v) is 13.6. The van der Waals surface area contributed by atoms with Gasteiger partial charge in [-0.05, 0) is 50.3 Å². The van der Waals surface area contributed by atoms with Crippen LogP contribution in [0.1, 0.15) is 44.6 Å². The van der Waals surface area contributed by atoms with Crippen molar-refractivity contribution in [2.75, 3.05) is 0 Å². The van der Waals surface area contributed by atoms with Gasteiger partial charge in [0.15, 0.2) is 0 Å². The van der Waals surface area contributed by atoms with Crippen LogP contribution in [0, 0.1) is 11.6 Å². The zero-order valence-electron chi connectivity index (χ0n) is 13.6. The Morgan fingerprint density at radius 1 is 1.17 bits per heavy atom. The molecular weight excluding hydrogens is 318 g/mol. The van der Waals surface area contributed by atoms with E-state index in [0.717, 1.165) is 37.5 Å². The number of halogens is 2. The highest BCUT2D eigenvalue weighted by atomic mass is 19.1. The number of aliphatic hydroxyl groups is 1.